The van der Waals surface area contributed by atoms with Crippen molar-refractivity contribution in [2.24, 2.45) is 0 Å². The van der Waals surface area contributed by atoms with Gasteiger partial charge in [-0.15, -0.1) is 0 Å². The smallest absolute Gasteiger partial charge is 0.494 e. The lowest BCUT2D eigenvalue weighted by Crippen LogP contribution is -2.41. The first-order valence-corrected chi connectivity index (χ1v) is 6.89. The Morgan fingerprint density at radius 3 is 2.05 bits per heavy atom. The Morgan fingerprint density at radius 2 is 1.60 bits per heavy atom. The molecule has 0 radical (unpaired) electrons. The van der Waals surface area contributed by atoms with E-state index in [2.05, 4.69) is 27.7 Å². The van der Waals surface area contributed by atoms with Gasteiger partial charge in [0.25, 0.3) is 0 Å². The molecule has 0 saturated carbocycles. The SMILES string of the molecule is COc1cc(B2OC(C)(C)C(C)(C)O2)ccc1N(C)C. The van der Waals surface area contributed by atoms with Crippen LogP contribution in [0.25, 0.3) is 0 Å². The molecule has 0 spiro atoms. The van der Waals surface area contributed by atoms with Gasteiger partial charge in [-0.2, -0.15) is 0 Å². The Kier molecular flexibility index (Phi) is 3.78. The minimum Gasteiger partial charge on any atom is -0.495 e. The molecule has 1 aromatic rings. The molecule has 20 heavy (non-hydrogen) atoms. The van der Waals surface area contributed by atoms with Gasteiger partial charge in [0.1, 0.15) is 5.75 Å². The third-order valence-corrected chi connectivity index (χ3v) is 4.21. The van der Waals surface area contributed by atoms with Crippen molar-refractivity contribution in [3.8, 4) is 5.75 Å². The number of hydrogen-bond donors (Lipinski definition) is 0. The summed E-state index contributed by atoms with van der Waals surface area (Å²) in [5, 5.41) is 0. The lowest BCUT2D eigenvalue weighted by atomic mass is 9.79. The molecule has 0 atom stereocenters. The molecule has 1 fully saturated rings. The summed E-state index contributed by atoms with van der Waals surface area (Å²) in [6.07, 6.45) is 0. The molecule has 0 amide bonds. The fourth-order valence-corrected chi connectivity index (χ4v) is 2.19. The first kappa shape index (κ1) is 15.2. The Hall–Kier alpha value is -1.20. The second-order valence-corrected chi connectivity index (χ2v) is 6.41. The molecule has 0 bridgehead atoms. The maximum Gasteiger partial charge on any atom is 0.494 e. The van der Waals surface area contributed by atoms with Gasteiger partial charge in [-0.25, -0.2) is 0 Å². The van der Waals surface area contributed by atoms with Crippen molar-refractivity contribution >= 4 is 18.3 Å². The van der Waals surface area contributed by atoms with Crippen LogP contribution in [0, 0.1) is 0 Å². The minimum atomic E-state index is -0.356. The molecule has 1 saturated heterocycles. The van der Waals surface area contributed by atoms with Crippen molar-refractivity contribution in [2.45, 2.75) is 38.9 Å². The normalized spacial score (nSPS) is 20.1. The monoisotopic (exact) mass is 277 g/mol. The maximum atomic E-state index is 6.06. The van der Waals surface area contributed by atoms with Crippen LogP contribution in [0.15, 0.2) is 18.2 Å². The summed E-state index contributed by atoms with van der Waals surface area (Å²) >= 11 is 0. The number of methoxy groups -OCH3 is 1. The quantitative estimate of drug-likeness (QED) is 0.791. The van der Waals surface area contributed by atoms with Crippen LogP contribution in [-0.4, -0.2) is 39.5 Å². The Labute approximate surface area is 122 Å². The molecule has 5 heteroatoms. The van der Waals surface area contributed by atoms with E-state index in [0.717, 1.165) is 16.9 Å². The molecule has 110 valence electrons. The van der Waals surface area contributed by atoms with Gasteiger partial charge < -0.3 is 18.9 Å². The second kappa shape index (κ2) is 4.97. The van der Waals surface area contributed by atoms with E-state index in [9.17, 15) is 0 Å². The maximum absolute atomic E-state index is 6.06. The molecule has 2 rings (SSSR count). The number of ether oxygens (including phenoxy) is 1. The first-order chi connectivity index (χ1) is 9.18. The summed E-state index contributed by atoms with van der Waals surface area (Å²) in [4.78, 5) is 2.02. The summed E-state index contributed by atoms with van der Waals surface area (Å²) in [7, 11) is 5.31. The Balaban J connectivity index is 2.32. The average Bonchev–Trinajstić information content (AvgIpc) is 2.57. The van der Waals surface area contributed by atoms with E-state index in [4.69, 9.17) is 14.0 Å². The number of anilines is 1. The molecular formula is C15H24BNO3. The van der Waals surface area contributed by atoms with Crippen molar-refractivity contribution in [1.82, 2.24) is 0 Å². The lowest BCUT2D eigenvalue weighted by Gasteiger charge is -2.32. The van der Waals surface area contributed by atoms with Crippen LogP contribution in [0.3, 0.4) is 0 Å². The third-order valence-electron chi connectivity index (χ3n) is 4.21. The largest absolute Gasteiger partial charge is 0.495 e. The highest BCUT2D eigenvalue weighted by Gasteiger charge is 2.51. The highest BCUT2D eigenvalue weighted by atomic mass is 16.7. The van der Waals surface area contributed by atoms with E-state index in [1.807, 2.05) is 37.2 Å². The zero-order valence-corrected chi connectivity index (χ0v) is 13.5. The van der Waals surface area contributed by atoms with Gasteiger partial charge >= 0.3 is 7.12 Å². The van der Waals surface area contributed by atoms with Crippen LogP contribution in [0.5, 0.6) is 5.75 Å². The topological polar surface area (TPSA) is 30.9 Å². The van der Waals surface area contributed by atoms with Crippen LogP contribution in [-0.2, 0) is 9.31 Å². The summed E-state index contributed by atoms with van der Waals surface area (Å²) in [5.41, 5.74) is 1.36. The van der Waals surface area contributed by atoms with E-state index in [1.165, 1.54) is 0 Å². The number of rotatable bonds is 3. The van der Waals surface area contributed by atoms with Crippen LogP contribution in [0.1, 0.15) is 27.7 Å². The van der Waals surface area contributed by atoms with Gasteiger partial charge in [-0.05, 0) is 45.3 Å². The summed E-state index contributed by atoms with van der Waals surface area (Å²) in [5.74, 6) is 0.821. The molecule has 0 N–H and O–H groups in total. The van der Waals surface area contributed by atoms with E-state index in [0.29, 0.717) is 0 Å². The number of nitrogens with zero attached hydrogens (tertiary/aromatic N) is 1. The number of hydrogen-bond acceptors (Lipinski definition) is 4. The highest BCUT2D eigenvalue weighted by Crippen LogP contribution is 2.37. The van der Waals surface area contributed by atoms with E-state index in [1.54, 1.807) is 7.11 Å². The molecule has 0 aromatic heterocycles. The van der Waals surface area contributed by atoms with Crippen LogP contribution >= 0.6 is 0 Å². The minimum absolute atomic E-state index is 0.328. The molecule has 1 heterocycles. The molecule has 0 unspecified atom stereocenters. The first-order valence-electron chi connectivity index (χ1n) is 6.89. The second-order valence-electron chi connectivity index (χ2n) is 6.41. The third kappa shape index (κ3) is 2.52. The van der Waals surface area contributed by atoms with Gasteiger partial charge in [-0.1, -0.05) is 6.07 Å². The summed E-state index contributed by atoms with van der Waals surface area (Å²) in [6, 6.07) is 6.04. The molecule has 1 aromatic carbocycles. The molecule has 1 aliphatic rings. The van der Waals surface area contributed by atoms with Crippen molar-refractivity contribution in [2.75, 3.05) is 26.1 Å². The Morgan fingerprint density at radius 1 is 1.05 bits per heavy atom. The predicted molar refractivity (Wildman–Crippen MR) is 83.0 cm³/mol. The van der Waals surface area contributed by atoms with Crippen molar-refractivity contribution in [3.63, 3.8) is 0 Å². The molecule has 0 aliphatic carbocycles. The van der Waals surface area contributed by atoms with Gasteiger partial charge in [0, 0.05) is 14.1 Å². The molecule has 4 nitrogen and oxygen atoms in total. The summed E-state index contributed by atoms with van der Waals surface area (Å²) < 4.78 is 17.6. The van der Waals surface area contributed by atoms with Crippen molar-refractivity contribution < 1.29 is 14.0 Å². The predicted octanol–water partition coefficient (Wildman–Crippen LogP) is 2.06. The zero-order chi connectivity index (χ0) is 15.1. The number of benzene rings is 1. The zero-order valence-electron chi connectivity index (χ0n) is 13.5. The summed E-state index contributed by atoms with van der Waals surface area (Å²) in [6.45, 7) is 8.22. The van der Waals surface area contributed by atoms with Gasteiger partial charge in [0.2, 0.25) is 0 Å². The van der Waals surface area contributed by atoms with Gasteiger partial charge in [0.15, 0.2) is 0 Å². The fourth-order valence-electron chi connectivity index (χ4n) is 2.19. The van der Waals surface area contributed by atoms with E-state index in [-0.39, 0.29) is 18.3 Å². The van der Waals surface area contributed by atoms with Crippen LogP contribution in [0.2, 0.25) is 0 Å². The molecule has 1 aliphatic heterocycles. The fraction of sp³-hybridized carbons (Fsp3) is 0.600. The van der Waals surface area contributed by atoms with Crippen molar-refractivity contribution in [3.05, 3.63) is 18.2 Å². The van der Waals surface area contributed by atoms with Crippen LogP contribution in [0.4, 0.5) is 5.69 Å². The van der Waals surface area contributed by atoms with E-state index < -0.39 is 0 Å². The average molecular weight is 277 g/mol. The van der Waals surface area contributed by atoms with Gasteiger partial charge in [-0.3, -0.25) is 0 Å². The Bertz CT molecular complexity index is 484. The molecular weight excluding hydrogens is 253 g/mol. The van der Waals surface area contributed by atoms with Crippen LogP contribution < -0.4 is 15.1 Å². The van der Waals surface area contributed by atoms with Crippen molar-refractivity contribution in [1.29, 1.82) is 0 Å². The standard InChI is InChI=1S/C15H24BNO3/c1-14(2)15(3,4)20-16(19-14)11-8-9-12(17(5)6)13(10-11)18-7/h8-10H,1-7H3. The highest BCUT2D eigenvalue weighted by molar-refractivity contribution is 6.62. The lowest BCUT2D eigenvalue weighted by molar-refractivity contribution is 0.00578. The van der Waals surface area contributed by atoms with E-state index >= 15 is 0 Å². The van der Waals surface area contributed by atoms with Gasteiger partial charge in [0.05, 0.1) is 24.0 Å².